The zero-order chi connectivity index (χ0) is 14.1. The molecule has 5 nitrogen and oxygen atoms in total. The van der Waals surface area contributed by atoms with Crippen LogP contribution in [0.15, 0.2) is 0 Å². The van der Waals surface area contributed by atoms with Gasteiger partial charge in [0, 0.05) is 52.1 Å². The summed E-state index contributed by atoms with van der Waals surface area (Å²) in [4.78, 5) is 15.3. The van der Waals surface area contributed by atoms with Crippen LogP contribution in [0.4, 0.5) is 4.79 Å². The van der Waals surface area contributed by atoms with E-state index in [0.717, 1.165) is 50.4 Å². The standard InChI is InChI=1S/C13H27N3O2S/c1-15(2)13(18)16-7-4-12(5-8-16)14-6-11-19-10-3-9-17/h12,14,17H,3-11H2,1-2H3. The first kappa shape index (κ1) is 16.6. The van der Waals surface area contributed by atoms with Crippen molar-refractivity contribution in [2.24, 2.45) is 0 Å². The van der Waals surface area contributed by atoms with Crippen molar-refractivity contribution in [3.63, 3.8) is 0 Å². The monoisotopic (exact) mass is 289 g/mol. The predicted molar refractivity (Wildman–Crippen MR) is 80.7 cm³/mol. The molecule has 1 rings (SSSR count). The van der Waals surface area contributed by atoms with Crippen LogP contribution in [-0.4, -0.2) is 78.8 Å². The number of likely N-dealkylation sites (tertiary alicyclic amines) is 1. The Labute approximate surface area is 120 Å². The Balaban J connectivity index is 2.05. The first-order chi connectivity index (χ1) is 9.15. The molecule has 0 bridgehead atoms. The molecule has 2 amide bonds. The Morgan fingerprint density at radius 1 is 1.37 bits per heavy atom. The van der Waals surface area contributed by atoms with Crippen LogP contribution in [0.25, 0.3) is 0 Å². The van der Waals surface area contributed by atoms with Gasteiger partial charge in [-0.3, -0.25) is 0 Å². The molecule has 1 aliphatic heterocycles. The summed E-state index contributed by atoms with van der Waals surface area (Å²) in [6.07, 6.45) is 2.97. The molecule has 0 aliphatic carbocycles. The van der Waals surface area contributed by atoms with Crippen molar-refractivity contribution in [1.82, 2.24) is 15.1 Å². The summed E-state index contributed by atoms with van der Waals surface area (Å²) < 4.78 is 0. The molecule has 6 heteroatoms. The summed E-state index contributed by atoms with van der Waals surface area (Å²) in [7, 11) is 3.60. The summed E-state index contributed by atoms with van der Waals surface area (Å²) in [5, 5.41) is 12.2. The second-order valence-corrected chi connectivity index (χ2v) is 6.31. The minimum atomic E-state index is 0.123. The van der Waals surface area contributed by atoms with Crippen molar-refractivity contribution in [2.45, 2.75) is 25.3 Å². The van der Waals surface area contributed by atoms with Gasteiger partial charge in [-0.2, -0.15) is 11.8 Å². The lowest BCUT2D eigenvalue weighted by Crippen LogP contribution is -2.48. The molecule has 0 saturated carbocycles. The summed E-state index contributed by atoms with van der Waals surface area (Å²) >= 11 is 1.88. The van der Waals surface area contributed by atoms with Gasteiger partial charge in [-0.15, -0.1) is 0 Å². The third-order valence-electron chi connectivity index (χ3n) is 3.27. The average molecular weight is 289 g/mol. The molecular weight excluding hydrogens is 262 g/mol. The topological polar surface area (TPSA) is 55.8 Å². The number of hydrogen-bond donors (Lipinski definition) is 2. The van der Waals surface area contributed by atoms with E-state index in [4.69, 9.17) is 5.11 Å². The SMILES string of the molecule is CN(C)C(=O)N1CCC(NCCSCCCO)CC1. The zero-order valence-corrected chi connectivity index (χ0v) is 12.9. The van der Waals surface area contributed by atoms with E-state index in [-0.39, 0.29) is 6.03 Å². The van der Waals surface area contributed by atoms with Crippen molar-refractivity contribution < 1.29 is 9.90 Å². The van der Waals surface area contributed by atoms with Crippen LogP contribution >= 0.6 is 11.8 Å². The van der Waals surface area contributed by atoms with E-state index in [1.165, 1.54) is 0 Å². The van der Waals surface area contributed by atoms with Gasteiger partial charge in [0.15, 0.2) is 0 Å². The highest BCUT2D eigenvalue weighted by Gasteiger charge is 2.22. The first-order valence-electron chi connectivity index (χ1n) is 7.03. The van der Waals surface area contributed by atoms with Crippen molar-refractivity contribution in [1.29, 1.82) is 0 Å². The molecule has 1 saturated heterocycles. The highest BCUT2D eigenvalue weighted by Crippen LogP contribution is 2.11. The van der Waals surface area contributed by atoms with E-state index in [9.17, 15) is 4.79 Å². The molecule has 19 heavy (non-hydrogen) atoms. The van der Waals surface area contributed by atoms with Gasteiger partial charge in [0.1, 0.15) is 0 Å². The van der Waals surface area contributed by atoms with Gasteiger partial charge in [0.25, 0.3) is 0 Å². The summed E-state index contributed by atoms with van der Waals surface area (Å²) in [6.45, 7) is 3.01. The second kappa shape index (κ2) is 9.44. The minimum absolute atomic E-state index is 0.123. The van der Waals surface area contributed by atoms with E-state index in [1.807, 2.05) is 16.7 Å². The first-order valence-corrected chi connectivity index (χ1v) is 8.19. The Kier molecular flexibility index (Phi) is 8.25. The molecule has 0 aromatic rings. The van der Waals surface area contributed by atoms with Gasteiger partial charge < -0.3 is 20.2 Å². The molecular formula is C13H27N3O2S. The Hall–Kier alpha value is -0.460. The number of carbonyl (C=O) groups is 1. The largest absolute Gasteiger partial charge is 0.396 e. The number of aliphatic hydroxyl groups is 1. The maximum Gasteiger partial charge on any atom is 0.319 e. The number of hydrogen-bond acceptors (Lipinski definition) is 4. The molecule has 0 aromatic heterocycles. The lowest BCUT2D eigenvalue weighted by atomic mass is 10.1. The number of piperidine rings is 1. The summed E-state index contributed by atoms with van der Waals surface area (Å²) in [5.74, 6) is 2.13. The van der Waals surface area contributed by atoms with E-state index in [0.29, 0.717) is 12.6 Å². The normalized spacial score (nSPS) is 16.7. The van der Waals surface area contributed by atoms with Crippen molar-refractivity contribution >= 4 is 17.8 Å². The number of nitrogens with one attached hydrogen (secondary N) is 1. The van der Waals surface area contributed by atoms with Crippen molar-refractivity contribution in [2.75, 3.05) is 51.8 Å². The van der Waals surface area contributed by atoms with E-state index in [1.54, 1.807) is 19.0 Å². The van der Waals surface area contributed by atoms with Crippen LogP contribution < -0.4 is 5.32 Å². The minimum Gasteiger partial charge on any atom is -0.396 e. The number of amides is 2. The van der Waals surface area contributed by atoms with Gasteiger partial charge >= 0.3 is 6.03 Å². The van der Waals surface area contributed by atoms with Crippen LogP contribution in [0.1, 0.15) is 19.3 Å². The molecule has 112 valence electrons. The Morgan fingerprint density at radius 3 is 2.63 bits per heavy atom. The lowest BCUT2D eigenvalue weighted by molar-refractivity contribution is 0.153. The van der Waals surface area contributed by atoms with Gasteiger partial charge in [-0.05, 0) is 25.0 Å². The van der Waals surface area contributed by atoms with Crippen LogP contribution in [0.2, 0.25) is 0 Å². The maximum atomic E-state index is 11.8. The second-order valence-electron chi connectivity index (χ2n) is 5.08. The van der Waals surface area contributed by atoms with E-state index >= 15 is 0 Å². The van der Waals surface area contributed by atoms with Crippen LogP contribution in [0, 0.1) is 0 Å². The van der Waals surface area contributed by atoms with Gasteiger partial charge in [-0.25, -0.2) is 4.79 Å². The van der Waals surface area contributed by atoms with Crippen molar-refractivity contribution in [3.05, 3.63) is 0 Å². The highest BCUT2D eigenvalue weighted by atomic mass is 32.2. The summed E-state index contributed by atoms with van der Waals surface area (Å²) in [5.41, 5.74) is 0. The molecule has 2 N–H and O–H groups in total. The van der Waals surface area contributed by atoms with Crippen LogP contribution in [0.5, 0.6) is 0 Å². The van der Waals surface area contributed by atoms with Crippen LogP contribution in [0.3, 0.4) is 0 Å². The predicted octanol–water partition coefficient (Wildman–Crippen LogP) is 0.838. The third-order valence-corrected chi connectivity index (χ3v) is 4.34. The third kappa shape index (κ3) is 6.49. The van der Waals surface area contributed by atoms with Crippen molar-refractivity contribution in [3.8, 4) is 0 Å². The molecule has 1 fully saturated rings. The highest BCUT2D eigenvalue weighted by molar-refractivity contribution is 7.99. The number of urea groups is 1. The molecule has 0 aromatic carbocycles. The van der Waals surface area contributed by atoms with E-state index in [2.05, 4.69) is 5.32 Å². The molecule has 0 unspecified atom stereocenters. The number of thioether (sulfide) groups is 1. The fourth-order valence-corrected chi connectivity index (χ4v) is 2.96. The summed E-state index contributed by atoms with van der Waals surface area (Å²) in [6, 6.07) is 0.669. The smallest absolute Gasteiger partial charge is 0.319 e. The number of nitrogens with zero attached hydrogens (tertiary/aromatic N) is 2. The molecule has 1 aliphatic rings. The Morgan fingerprint density at radius 2 is 2.05 bits per heavy atom. The number of aliphatic hydroxyl groups excluding tert-OH is 1. The molecule has 1 heterocycles. The molecule has 0 atom stereocenters. The zero-order valence-electron chi connectivity index (χ0n) is 12.1. The number of carbonyl (C=O) groups excluding carboxylic acids is 1. The van der Waals surface area contributed by atoms with Gasteiger partial charge in [0.05, 0.1) is 0 Å². The van der Waals surface area contributed by atoms with Crippen LogP contribution in [-0.2, 0) is 0 Å². The molecule has 0 radical (unpaired) electrons. The Bertz CT molecular complexity index is 256. The van der Waals surface area contributed by atoms with Gasteiger partial charge in [-0.1, -0.05) is 0 Å². The fraction of sp³-hybridized carbons (Fsp3) is 0.923. The van der Waals surface area contributed by atoms with E-state index < -0.39 is 0 Å². The fourth-order valence-electron chi connectivity index (χ4n) is 2.16. The maximum absolute atomic E-state index is 11.8. The average Bonchev–Trinajstić information content (AvgIpc) is 2.42. The lowest BCUT2D eigenvalue weighted by Gasteiger charge is -2.34. The number of rotatable bonds is 7. The molecule has 0 spiro atoms. The van der Waals surface area contributed by atoms with Gasteiger partial charge in [0.2, 0.25) is 0 Å². The quantitative estimate of drug-likeness (QED) is 0.682.